The molecule has 80 valence electrons. The number of aromatic nitrogens is 1. The first-order valence-electron chi connectivity index (χ1n) is 4.51. The molecule has 0 amide bonds. The van der Waals surface area contributed by atoms with Gasteiger partial charge in [-0.3, -0.25) is 9.59 Å². The molecule has 0 aliphatic carbocycles. The van der Waals surface area contributed by atoms with Crippen molar-refractivity contribution in [2.45, 2.75) is 13.3 Å². The monoisotopic (exact) mass is 209 g/mol. The highest BCUT2D eigenvalue weighted by molar-refractivity contribution is 6.38. The summed E-state index contributed by atoms with van der Waals surface area (Å²) in [5.74, 6) is -2.20. The molecule has 0 aromatic carbocycles. The molecule has 0 unspecified atom stereocenters. The van der Waals surface area contributed by atoms with E-state index in [0.29, 0.717) is 5.69 Å². The summed E-state index contributed by atoms with van der Waals surface area (Å²) in [4.78, 5) is 36.1. The molecule has 1 N–H and O–H groups in total. The number of carbonyl (C=O) groups is 3. The second-order valence-electron chi connectivity index (χ2n) is 2.83. The molecule has 0 bridgehead atoms. The van der Waals surface area contributed by atoms with Crippen LogP contribution in [0.5, 0.6) is 0 Å². The van der Waals surface area contributed by atoms with Crippen molar-refractivity contribution in [1.29, 1.82) is 0 Å². The number of H-pyrrole nitrogens is 1. The average Bonchev–Trinajstić information content (AvgIpc) is 2.70. The molecule has 15 heavy (non-hydrogen) atoms. The van der Waals surface area contributed by atoms with Gasteiger partial charge in [-0.25, -0.2) is 4.79 Å². The molecule has 0 saturated heterocycles. The van der Waals surface area contributed by atoms with E-state index in [9.17, 15) is 14.4 Å². The van der Waals surface area contributed by atoms with Crippen LogP contribution in [0.25, 0.3) is 0 Å². The zero-order chi connectivity index (χ0) is 11.3. The Morgan fingerprint density at radius 1 is 1.40 bits per heavy atom. The molecule has 5 nitrogen and oxygen atoms in total. The molecular formula is C10H11NO4. The summed E-state index contributed by atoms with van der Waals surface area (Å²) in [5.41, 5.74) is 0.313. The molecule has 5 heteroatoms. The first-order chi connectivity index (χ1) is 7.15. The van der Waals surface area contributed by atoms with Gasteiger partial charge in [-0.2, -0.15) is 0 Å². The minimum absolute atomic E-state index is 0.126. The minimum atomic E-state index is -0.961. The number of esters is 1. The first kappa shape index (κ1) is 11.2. The maximum absolute atomic E-state index is 11.4. The molecule has 1 heterocycles. The predicted molar refractivity (Wildman–Crippen MR) is 51.4 cm³/mol. The van der Waals surface area contributed by atoms with E-state index >= 15 is 0 Å². The molecule has 0 atom stereocenters. The fourth-order valence-corrected chi connectivity index (χ4v) is 1.03. The molecule has 0 fully saturated rings. The number of hydrogen-bond acceptors (Lipinski definition) is 4. The lowest BCUT2D eigenvalue weighted by molar-refractivity contribution is -0.153. The van der Waals surface area contributed by atoms with Crippen molar-refractivity contribution in [2.24, 2.45) is 0 Å². The largest absolute Gasteiger partial charge is 0.460 e. The second-order valence-corrected chi connectivity index (χ2v) is 2.83. The summed E-state index contributed by atoms with van der Waals surface area (Å²) in [6.07, 6.45) is 1.11. The van der Waals surface area contributed by atoms with Gasteiger partial charge in [0.25, 0.3) is 0 Å². The Kier molecular flexibility index (Phi) is 3.79. The van der Waals surface area contributed by atoms with E-state index in [2.05, 4.69) is 9.72 Å². The summed E-state index contributed by atoms with van der Waals surface area (Å²) in [6, 6.07) is 3.18. The summed E-state index contributed by atoms with van der Waals surface area (Å²) in [6.45, 7) is 1.72. The minimum Gasteiger partial charge on any atom is -0.460 e. The standard InChI is InChI=1S/C10H11NO4/c1-2-15-10(14)9(13)6-8(12)7-4-3-5-11-7/h3-5,11H,2,6H2,1H3. The maximum atomic E-state index is 11.4. The van der Waals surface area contributed by atoms with Crippen LogP contribution in [0, 0.1) is 0 Å². The molecule has 0 aliphatic heterocycles. The van der Waals surface area contributed by atoms with Gasteiger partial charge in [0.2, 0.25) is 5.78 Å². The van der Waals surface area contributed by atoms with Gasteiger partial charge in [0.05, 0.1) is 18.7 Å². The Morgan fingerprint density at radius 2 is 2.13 bits per heavy atom. The highest BCUT2D eigenvalue weighted by Gasteiger charge is 2.20. The average molecular weight is 209 g/mol. The molecule has 1 aromatic rings. The van der Waals surface area contributed by atoms with Crippen LogP contribution in [0.4, 0.5) is 0 Å². The van der Waals surface area contributed by atoms with Crippen molar-refractivity contribution in [1.82, 2.24) is 4.98 Å². The normalized spacial score (nSPS) is 9.67. The smallest absolute Gasteiger partial charge is 0.375 e. The molecule has 1 aromatic heterocycles. The Balaban J connectivity index is 2.52. The number of nitrogens with one attached hydrogen (secondary N) is 1. The van der Waals surface area contributed by atoms with Gasteiger partial charge in [0.1, 0.15) is 0 Å². The highest BCUT2D eigenvalue weighted by Crippen LogP contribution is 2.01. The van der Waals surface area contributed by atoms with Crippen LogP contribution in [0.3, 0.4) is 0 Å². The molecular weight excluding hydrogens is 198 g/mol. The van der Waals surface area contributed by atoms with E-state index in [0.717, 1.165) is 0 Å². The fraction of sp³-hybridized carbons (Fsp3) is 0.300. The van der Waals surface area contributed by atoms with Crippen molar-refractivity contribution in [2.75, 3.05) is 6.61 Å². The summed E-state index contributed by atoms with van der Waals surface area (Å²) >= 11 is 0. The van der Waals surface area contributed by atoms with Crippen molar-refractivity contribution < 1.29 is 19.1 Å². The molecule has 0 radical (unpaired) electrons. The fourth-order valence-electron chi connectivity index (χ4n) is 1.03. The Labute approximate surface area is 86.4 Å². The third kappa shape index (κ3) is 3.05. The zero-order valence-electron chi connectivity index (χ0n) is 8.28. The quantitative estimate of drug-likeness (QED) is 0.335. The summed E-state index contributed by atoms with van der Waals surface area (Å²) in [7, 11) is 0. The molecule has 0 spiro atoms. The lowest BCUT2D eigenvalue weighted by Crippen LogP contribution is -2.20. The van der Waals surface area contributed by atoms with Crippen LogP contribution < -0.4 is 0 Å². The zero-order valence-corrected chi connectivity index (χ0v) is 8.28. The van der Waals surface area contributed by atoms with Crippen LogP contribution in [-0.4, -0.2) is 29.1 Å². The van der Waals surface area contributed by atoms with Gasteiger partial charge in [-0.1, -0.05) is 0 Å². The first-order valence-corrected chi connectivity index (χ1v) is 4.51. The Morgan fingerprint density at radius 3 is 2.67 bits per heavy atom. The van der Waals surface area contributed by atoms with Crippen LogP contribution in [0.1, 0.15) is 23.8 Å². The predicted octanol–water partition coefficient (Wildman–Crippen LogP) is 0.720. The van der Waals surface area contributed by atoms with Gasteiger partial charge in [-0.15, -0.1) is 0 Å². The summed E-state index contributed by atoms with van der Waals surface area (Å²) in [5, 5.41) is 0. The Hall–Kier alpha value is -1.91. The van der Waals surface area contributed by atoms with E-state index in [4.69, 9.17) is 0 Å². The van der Waals surface area contributed by atoms with Gasteiger partial charge < -0.3 is 9.72 Å². The lowest BCUT2D eigenvalue weighted by atomic mass is 10.1. The number of hydrogen-bond donors (Lipinski definition) is 1. The highest BCUT2D eigenvalue weighted by atomic mass is 16.5. The van der Waals surface area contributed by atoms with E-state index in [1.807, 2.05) is 0 Å². The Bertz CT molecular complexity index is 367. The van der Waals surface area contributed by atoms with Gasteiger partial charge in [-0.05, 0) is 19.1 Å². The number of rotatable bonds is 5. The van der Waals surface area contributed by atoms with Crippen molar-refractivity contribution in [3.05, 3.63) is 24.0 Å². The third-order valence-electron chi connectivity index (χ3n) is 1.72. The van der Waals surface area contributed by atoms with Crippen LogP contribution in [0.2, 0.25) is 0 Å². The number of ether oxygens (including phenoxy) is 1. The lowest BCUT2D eigenvalue weighted by Gasteiger charge is -1.99. The number of Topliss-reactive ketones (excluding diaryl/α,β-unsaturated/α-hetero) is 2. The van der Waals surface area contributed by atoms with Gasteiger partial charge in [0, 0.05) is 6.20 Å². The van der Waals surface area contributed by atoms with Crippen molar-refractivity contribution in [3.8, 4) is 0 Å². The van der Waals surface area contributed by atoms with Crippen molar-refractivity contribution >= 4 is 17.5 Å². The van der Waals surface area contributed by atoms with E-state index in [-0.39, 0.29) is 6.61 Å². The maximum Gasteiger partial charge on any atom is 0.375 e. The summed E-state index contributed by atoms with van der Waals surface area (Å²) < 4.78 is 4.47. The van der Waals surface area contributed by atoms with Crippen molar-refractivity contribution in [3.63, 3.8) is 0 Å². The SMILES string of the molecule is CCOC(=O)C(=O)CC(=O)c1ccc[nH]1. The number of aromatic amines is 1. The van der Waals surface area contributed by atoms with E-state index in [1.54, 1.807) is 25.3 Å². The molecule has 0 aliphatic rings. The van der Waals surface area contributed by atoms with Gasteiger partial charge in [0.15, 0.2) is 5.78 Å². The van der Waals surface area contributed by atoms with Crippen LogP contribution in [-0.2, 0) is 14.3 Å². The van der Waals surface area contributed by atoms with Gasteiger partial charge >= 0.3 is 5.97 Å². The third-order valence-corrected chi connectivity index (χ3v) is 1.72. The number of carbonyl (C=O) groups excluding carboxylic acids is 3. The van der Waals surface area contributed by atoms with E-state index in [1.165, 1.54) is 0 Å². The van der Waals surface area contributed by atoms with Crippen LogP contribution >= 0.6 is 0 Å². The van der Waals surface area contributed by atoms with Crippen LogP contribution in [0.15, 0.2) is 18.3 Å². The number of ketones is 2. The molecule has 0 saturated carbocycles. The molecule has 1 rings (SSSR count). The topological polar surface area (TPSA) is 76.2 Å². The second kappa shape index (κ2) is 5.09. The van der Waals surface area contributed by atoms with E-state index < -0.39 is 24.0 Å².